The Bertz CT molecular complexity index is 208. The summed E-state index contributed by atoms with van der Waals surface area (Å²) in [6.45, 7) is 11.3. The van der Waals surface area contributed by atoms with E-state index in [0.717, 1.165) is 26.3 Å². The minimum atomic E-state index is -0.0727. The lowest BCUT2D eigenvalue weighted by Gasteiger charge is -2.40. The number of rotatable bonds is 8. The topological polar surface area (TPSA) is 47.7 Å². The summed E-state index contributed by atoms with van der Waals surface area (Å²) < 4.78 is 11.3. The lowest BCUT2D eigenvalue weighted by molar-refractivity contribution is -0.0156. The third-order valence-corrected chi connectivity index (χ3v) is 3.65. The first kappa shape index (κ1) is 14.9. The predicted octanol–water partition coefficient (Wildman–Crippen LogP) is 1.24. The first-order chi connectivity index (χ1) is 8.16. The van der Waals surface area contributed by atoms with Gasteiger partial charge in [-0.15, -0.1) is 0 Å². The molecule has 0 spiro atoms. The molecule has 4 heteroatoms. The molecule has 0 saturated carbocycles. The van der Waals surface area contributed by atoms with Crippen LogP contribution in [0.25, 0.3) is 0 Å². The number of ether oxygens (including phenoxy) is 2. The average molecular weight is 244 g/mol. The molecule has 1 fully saturated rings. The molecule has 4 nitrogen and oxygen atoms in total. The Morgan fingerprint density at radius 1 is 1.47 bits per heavy atom. The normalized spacial score (nSPS) is 24.2. The van der Waals surface area contributed by atoms with Crippen LogP contribution < -0.4 is 5.73 Å². The monoisotopic (exact) mass is 244 g/mol. The molecular weight excluding hydrogens is 216 g/mol. The zero-order chi connectivity index (χ0) is 12.7. The van der Waals surface area contributed by atoms with Gasteiger partial charge in [0.15, 0.2) is 0 Å². The van der Waals surface area contributed by atoms with E-state index < -0.39 is 0 Å². The minimum Gasteiger partial charge on any atom is -0.380 e. The smallest absolute Gasteiger partial charge is 0.0703 e. The van der Waals surface area contributed by atoms with E-state index in [-0.39, 0.29) is 5.54 Å². The van der Waals surface area contributed by atoms with Crippen molar-refractivity contribution in [3.8, 4) is 0 Å². The number of nitrogens with two attached hydrogens (primary N) is 1. The van der Waals surface area contributed by atoms with Gasteiger partial charge in [0, 0.05) is 26.3 Å². The summed E-state index contributed by atoms with van der Waals surface area (Å²) in [5.41, 5.74) is 5.86. The van der Waals surface area contributed by atoms with E-state index in [1.54, 1.807) is 0 Å². The summed E-state index contributed by atoms with van der Waals surface area (Å²) >= 11 is 0. The average Bonchev–Trinajstić information content (AvgIpc) is 2.86. The highest BCUT2D eigenvalue weighted by atomic mass is 16.5. The molecule has 102 valence electrons. The molecule has 2 atom stereocenters. The van der Waals surface area contributed by atoms with Crippen molar-refractivity contribution in [2.75, 3.05) is 39.5 Å². The van der Waals surface area contributed by atoms with E-state index in [1.807, 2.05) is 6.92 Å². The molecule has 0 aromatic heterocycles. The Morgan fingerprint density at radius 3 is 2.71 bits per heavy atom. The van der Waals surface area contributed by atoms with Crippen LogP contribution in [0.5, 0.6) is 0 Å². The van der Waals surface area contributed by atoms with Gasteiger partial charge in [0.1, 0.15) is 0 Å². The van der Waals surface area contributed by atoms with Crippen molar-refractivity contribution in [3.05, 3.63) is 0 Å². The first-order valence-corrected chi connectivity index (χ1v) is 6.80. The van der Waals surface area contributed by atoms with Gasteiger partial charge in [0.2, 0.25) is 0 Å². The molecule has 0 radical (unpaired) electrons. The van der Waals surface area contributed by atoms with Crippen molar-refractivity contribution < 1.29 is 9.47 Å². The van der Waals surface area contributed by atoms with E-state index >= 15 is 0 Å². The Kier molecular flexibility index (Phi) is 6.41. The summed E-state index contributed by atoms with van der Waals surface area (Å²) in [5, 5.41) is 0. The second kappa shape index (κ2) is 7.31. The third-order valence-electron chi connectivity index (χ3n) is 3.65. The number of nitrogens with zero attached hydrogens (tertiary/aromatic N) is 1. The van der Waals surface area contributed by atoms with E-state index in [0.29, 0.717) is 19.3 Å². The molecule has 17 heavy (non-hydrogen) atoms. The Balaban J connectivity index is 2.54. The maximum absolute atomic E-state index is 5.94. The van der Waals surface area contributed by atoms with Crippen molar-refractivity contribution in [2.45, 2.75) is 45.3 Å². The highest BCUT2D eigenvalue weighted by molar-refractivity contribution is 4.88. The highest BCUT2D eigenvalue weighted by Crippen LogP contribution is 2.19. The van der Waals surface area contributed by atoms with Gasteiger partial charge in [-0.25, -0.2) is 0 Å². The van der Waals surface area contributed by atoms with Crippen molar-refractivity contribution in [3.63, 3.8) is 0 Å². The summed E-state index contributed by atoms with van der Waals surface area (Å²) in [7, 11) is 0. The van der Waals surface area contributed by atoms with Crippen LogP contribution in [0.2, 0.25) is 0 Å². The van der Waals surface area contributed by atoms with Gasteiger partial charge in [-0.1, -0.05) is 6.92 Å². The largest absolute Gasteiger partial charge is 0.380 e. The zero-order valence-corrected chi connectivity index (χ0v) is 11.6. The molecule has 1 heterocycles. The van der Waals surface area contributed by atoms with Crippen LogP contribution in [0, 0.1) is 0 Å². The van der Waals surface area contributed by atoms with Crippen molar-refractivity contribution in [2.24, 2.45) is 5.73 Å². The Morgan fingerprint density at radius 2 is 2.24 bits per heavy atom. The Labute approximate surface area is 105 Å². The van der Waals surface area contributed by atoms with Gasteiger partial charge in [0.05, 0.1) is 18.2 Å². The highest BCUT2D eigenvalue weighted by Gasteiger charge is 2.32. The fourth-order valence-electron chi connectivity index (χ4n) is 2.37. The van der Waals surface area contributed by atoms with Gasteiger partial charge >= 0.3 is 0 Å². The molecule has 2 unspecified atom stereocenters. The second-order valence-electron chi connectivity index (χ2n) is 5.01. The fourth-order valence-corrected chi connectivity index (χ4v) is 2.37. The van der Waals surface area contributed by atoms with Crippen molar-refractivity contribution >= 4 is 0 Å². The van der Waals surface area contributed by atoms with Crippen molar-refractivity contribution in [1.82, 2.24) is 4.90 Å². The van der Waals surface area contributed by atoms with Gasteiger partial charge in [-0.2, -0.15) is 0 Å². The predicted molar refractivity (Wildman–Crippen MR) is 70.2 cm³/mol. The molecular formula is C13H28N2O2. The fraction of sp³-hybridized carbons (Fsp3) is 1.00. The lowest BCUT2D eigenvalue weighted by Crippen LogP contribution is -2.56. The maximum Gasteiger partial charge on any atom is 0.0703 e. The van der Waals surface area contributed by atoms with E-state index in [1.165, 1.54) is 12.8 Å². The molecule has 0 aromatic rings. The quantitative estimate of drug-likeness (QED) is 0.698. The summed E-state index contributed by atoms with van der Waals surface area (Å²) in [6, 6.07) is 0. The van der Waals surface area contributed by atoms with Gasteiger partial charge in [-0.05, 0) is 33.2 Å². The molecule has 2 N–H and O–H groups in total. The number of likely N-dealkylation sites (N-methyl/N-ethyl adjacent to an activating group) is 1. The van der Waals surface area contributed by atoms with Crippen molar-refractivity contribution in [1.29, 1.82) is 0 Å². The second-order valence-corrected chi connectivity index (χ2v) is 5.01. The number of hydrogen-bond acceptors (Lipinski definition) is 4. The van der Waals surface area contributed by atoms with E-state index in [9.17, 15) is 0 Å². The molecule has 1 aliphatic heterocycles. The van der Waals surface area contributed by atoms with Crippen LogP contribution in [-0.4, -0.2) is 56.0 Å². The van der Waals surface area contributed by atoms with Crippen LogP contribution in [0.1, 0.15) is 33.6 Å². The van der Waals surface area contributed by atoms with Crippen LogP contribution in [-0.2, 0) is 9.47 Å². The standard InChI is InChI=1S/C13H28N2O2/c1-4-15(9-12-7-6-8-17-12)13(3,10-14)11-16-5-2/h12H,4-11,14H2,1-3H3. The van der Waals surface area contributed by atoms with Crippen LogP contribution in [0.4, 0.5) is 0 Å². The minimum absolute atomic E-state index is 0.0727. The lowest BCUT2D eigenvalue weighted by atomic mass is 10.00. The summed E-state index contributed by atoms with van der Waals surface area (Å²) in [5.74, 6) is 0. The molecule has 1 rings (SSSR count). The van der Waals surface area contributed by atoms with E-state index in [2.05, 4.69) is 18.7 Å². The maximum atomic E-state index is 5.94. The molecule has 0 amide bonds. The van der Waals surface area contributed by atoms with Crippen LogP contribution in [0.3, 0.4) is 0 Å². The molecule has 1 aliphatic rings. The molecule has 1 saturated heterocycles. The first-order valence-electron chi connectivity index (χ1n) is 6.80. The van der Waals surface area contributed by atoms with Gasteiger partial charge < -0.3 is 15.2 Å². The van der Waals surface area contributed by atoms with Crippen LogP contribution >= 0.6 is 0 Å². The van der Waals surface area contributed by atoms with E-state index in [4.69, 9.17) is 15.2 Å². The molecule has 0 aromatic carbocycles. The SMILES string of the molecule is CCOCC(C)(CN)N(CC)CC1CCCO1. The zero-order valence-electron chi connectivity index (χ0n) is 11.6. The summed E-state index contributed by atoms with van der Waals surface area (Å²) in [4.78, 5) is 2.40. The number of hydrogen-bond donors (Lipinski definition) is 1. The van der Waals surface area contributed by atoms with Crippen LogP contribution in [0.15, 0.2) is 0 Å². The van der Waals surface area contributed by atoms with Gasteiger partial charge in [-0.3, -0.25) is 4.90 Å². The molecule has 0 aliphatic carbocycles. The van der Waals surface area contributed by atoms with Gasteiger partial charge in [0.25, 0.3) is 0 Å². The summed E-state index contributed by atoms with van der Waals surface area (Å²) in [6.07, 6.45) is 2.74. The Hall–Kier alpha value is -0.160. The molecule has 0 bridgehead atoms. The third kappa shape index (κ3) is 4.21.